The molecule has 1 saturated heterocycles. The summed E-state index contributed by atoms with van der Waals surface area (Å²) >= 11 is 0. The summed E-state index contributed by atoms with van der Waals surface area (Å²) in [4.78, 5) is 39.8. The van der Waals surface area contributed by atoms with Gasteiger partial charge in [0, 0.05) is 25.7 Å². The smallest absolute Gasteiger partial charge is 0.407 e. The van der Waals surface area contributed by atoms with Crippen LogP contribution in [0.4, 0.5) is 10.5 Å². The zero-order valence-electron chi connectivity index (χ0n) is 16.7. The van der Waals surface area contributed by atoms with Gasteiger partial charge in [-0.25, -0.2) is 4.79 Å². The normalized spacial score (nSPS) is 16.8. The summed E-state index contributed by atoms with van der Waals surface area (Å²) < 4.78 is 5.26. The molecule has 1 aliphatic heterocycles. The number of hydrogen-bond acceptors (Lipinski definition) is 4. The SMILES string of the molecule is CC(=O)N(CC(=O)N1CCC(NC(=O)OC(C)(C)C)C1)c1ccccc1C. The number of ether oxygens (including phenoxy) is 1. The monoisotopic (exact) mass is 375 g/mol. The number of hydrogen-bond donors (Lipinski definition) is 1. The van der Waals surface area contributed by atoms with Crippen molar-refractivity contribution in [3.05, 3.63) is 29.8 Å². The molecular formula is C20H29N3O4. The van der Waals surface area contributed by atoms with Crippen molar-refractivity contribution in [3.63, 3.8) is 0 Å². The largest absolute Gasteiger partial charge is 0.444 e. The minimum atomic E-state index is -0.562. The number of nitrogens with one attached hydrogen (secondary N) is 1. The predicted molar refractivity (Wildman–Crippen MR) is 104 cm³/mol. The number of para-hydroxylation sites is 1. The topological polar surface area (TPSA) is 79.0 Å². The van der Waals surface area contributed by atoms with E-state index in [9.17, 15) is 14.4 Å². The number of likely N-dealkylation sites (tertiary alicyclic amines) is 1. The Morgan fingerprint density at radius 2 is 1.93 bits per heavy atom. The molecule has 0 aliphatic carbocycles. The van der Waals surface area contributed by atoms with E-state index in [1.807, 2.05) is 31.2 Å². The van der Waals surface area contributed by atoms with Crippen LogP contribution >= 0.6 is 0 Å². The predicted octanol–water partition coefficient (Wildman–Crippen LogP) is 2.47. The van der Waals surface area contributed by atoms with Gasteiger partial charge in [-0.3, -0.25) is 9.59 Å². The molecule has 0 spiro atoms. The van der Waals surface area contributed by atoms with Gasteiger partial charge in [-0.2, -0.15) is 0 Å². The van der Waals surface area contributed by atoms with Crippen LogP contribution in [0.2, 0.25) is 0 Å². The van der Waals surface area contributed by atoms with Crippen LogP contribution in [0, 0.1) is 6.92 Å². The molecule has 1 unspecified atom stereocenters. The van der Waals surface area contributed by atoms with Crippen molar-refractivity contribution in [1.82, 2.24) is 10.2 Å². The van der Waals surface area contributed by atoms with Gasteiger partial charge in [0.25, 0.3) is 0 Å². The third-order valence-corrected chi connectivity index (χ3v) is 4.34. The van der Waals surface area contributed by atoms with E-state index in [2.05, 4.69) is 5.32 Å². The highest BCUT2D eigenvalue weighted by molar-refractivity contribution is 5.98. The number of amides is 3. The molecule has 0 radical (unpaired) electrons. The first-order valence-corrected chi connectivity index (χ1v) is 9.18. The minimum absolute atomic E-state index is 0.0145. The van der Waals surface area contributed by atoms with Crippen LogP contribution in [0.3, 0.4) is 0 Å². The van der Waals surface area contributed by atoms with Gasteiger partial charge in [0.1, 0.15) is 12.1 Å². The molecule has 1 fully saturated rings. The Hall–Kier alpha value is -2.57. The molecule has 7 nitrogen and oxygen atoms in total. The molecule has 148 valence electrons. The first kappa shape index (κ1) is 20.7. The Morgan fingerprint density at radius 3 is 2.52 bits per heavy atom. The summed E-state index contributed by atoms with van der Waals surface area (Å²) in [5.41, 5.74) is 1.11. The summed E-state index contributed by atoms with van der Waals surface area (Å²) in [5.74, 6) is -0.317. The van der Waals surface area contributed by atoms with Crippen LogP contribution in [0.1, 0.15) is 39.7 Å². The molecule has 1 aromatic carbocycles. The van der Waals surface area contributed by atoms with Gasteiger partial charge in [0.05, 0.1) is 6.04 Å². The van der Waals surface area contributed by atoms with Gasteiger partial charge in [0.2, 0.25) is 11.8 Å². The van der Waals surface area contributed by atoms with Crippen molar-refractivity contribution >= 4 is 23.6 Å². The van der Waals surface area contributed by atoms with E-state index >= 15 is 0 Å². The summed E-state index contributed by atoms with van der Waals surface area (Å²) in [6.07, 6.45) is 0.183. The van der Waals surface area contributed by atoms with Gasteiger partial charge in [-0.15, -0.1) is 0 Å². The lowest BCUT2D eigenvalue weighted by Gasteiger charge is -2.26. The molecule has 1 aromatic rings. The van der Waals surface area contributed by atoms with Gasteiger partial charge in [-0.1, -0.05) is 18.2 Å². The molecule has 0 aromatic heterocycles. The maximum atomic E-state index is 12.7. The Balaban J connectivity index is 1.95. The number of carbonyl (C=O) groups is 3. The fraction of sp³-hybridized carbons (Fsp3) is 0.550. The minimum Gasteiger partial charge on any atom is -0.444 e. The second-order valence-corrected chi connectivity index (χ2v) is 7.86. The third-order valence-electron chi connectivity index (χ3n) is 4.34. The fourth-order valence-electron chi connectivity index (χ4n) is 3.05. The average molecular weight is 375 g/mol. The third kappa shape index (κ3) is 5.98. The molecule has 1 aliphatic rings. The number of aryl methyl sites for hydroxylation is 1. The summed E-state index contributed by atoms with van der Waals surface area (Å²) in [5, 5.41) is 2.80. The Kier molecular flexibility index (Phi) is 6.46. The number of rotatable bonds is 4. The highest BCUT2D eigenvalue weighted by Gasteiger charge is 2.30. The summed E-state index contributed by atoms with van der Waals surface area (Å²) in [7, 11) is 0. The number of alkyl carbamates (subject to hydrolysis) is 1. The number of anilines is 1. The average Bonchev–Trinajstić information content (AvgIpc) is 2.99. The second-order valence-electron chi connectivity index (χ2n) is 7.86. The lowest BCUT2D eigenvalue weighted by molar-refractivity contribution is -0.130. The van der Waals surface area contributed by atoms with E-state index in [4.69, 9.17) is 4.74 Å². The van der Waals surface area contributed by atoms with Gasteiger partial charge >= 0.3 is 6.09 Å². The van der Waals surface area contributed by atoms with Gasteiger partial charge in [0.15, 0.2) is 0 Å². The molecule has 0 bridgehead atoms. The molecule has 27 heavy (non-hydrogen) atoms. The first-order chi connectivity index (χ1) is 12.6. The molecule has 1 heterocycles. The van der Waals surface area contributed by atoms with Crippen molar-refractivity contribution in [2.75, 3.05) is 24.5 Å². The first-order valence-electron chi connectivity index (χ1n) is 9.18. The van der Waals surface area contributed by atoms with E-state index in [1.54, 1.807) is 25.7 Å². The van der Waals surface area contributed by atoms with Crippen molar-refractivity contribution in [2.45, 2.75) is 52.7 Å². The molecule has 1 N–H and O–H groups in total. The maximum Gasteiger partial charge on any atom is 0.407 e. The van der Waals surface area contributed by atoms with Crippen molar-refractivity contribution in [3.8, 4) is 0 Å². The molecular weight excluding hydrogens is 346 g/mol. The van der Waals surface area contributed by atoms with Crippen LogP contribution in [-0.4, -0.2) is 54.1 Å². The van der Waals surface area contributed by atoms with Crippen LogP contribution in [0.5, 0.6) is 0 Å². The van der Waals surface area contributed by atoms with E-state index < -0.39 is 11.7 Å². The van der Waals surface area contributed by atoms with E-state index in [1.165, 1.54) is 11.8 Å². The van der Waals surface area contributed by atoms with E-state index in [0.717, 1.165) is 11.3 Å². The number of nitrogens with zero attached hydrogens (tertiary/aromatic N) is 2. The van der Waals surface area contributed by atoms with Crippen molar-refractivity contribution in [2.24, 2.45) is 0 Å². The molecule has 2 rings (SSSR count). The summed E-state index contributed by atoms with van der Waals surface area (Å²) in [6, 6.07) is 7.34. The fourth-order valence-corrected chi connectivity index (χ4v) is 3.05. The number of carbonyl (C=O) groups excluding carboxylic acids is 3. The van der Waals surface area contributed by atoms with E-state index in [0.29, 0.717) is 19.5 Å². The van der Waals surface area contributed by atoms with Crippen LogP contribution in [-0.2, 0) is 14.3 Å². The van der Waals surface area contributed by atoms with Crippen molar-refractivity contribution < 1.29 is 19.1 Å². The van der Waals surface area contributed by atoms with Crippen LogP contribution in [0.25, 0.3) is 0 Å². The molecule has 0 saturated carbocycles. The van der Waals surface area contributed by atoms with Gasteiger partial charge < -0.3 is 19.9 Å². The lowest BCUT2D eigenvalue weighted by Crippen LogP contribution is -2.44. The highest BCUT2D eigenvalue weighted by atomic mass is 16.6. The standard InChI is InChI=1S/C20H29N3O4/c1-14-8-6-7-9-17(14)23(15(2)24)13-18(25)22-11-10-16(12-22)21-19(26)27-20(3,4)5/h6-9,16H,10-13H2,1-5H3,(H,21,26). The Bertz CT molecular complexity index is 711. The quantitative estimate of drug-likeness (QED) is 0.877. The second kappa shape index (κ2) is 8.41. The van der Waals surface area contributed by atoms with Crippen molar-refractivity contribution in [1.29, 1.82) is 0 Å². The zero-order chi connectivity index (χ0) is 20.2. The number of benzene rings is 1. The highest BCUT2D eigenvalue weighted by Crippen LogP contribution is 2.20. The molecule has 3 amide bonds. The molecule has 1 atom stereocenters. The Morgan fingerprint density at radius 1 is 1.26 bits per heavy atom. The van der Waals surface area contributed by atoms with Crippen LogP contribution in [0.15, 0.2) is 24.3 Å². The van der Waals surface area contributed by atoms with E-state index in [-0.39, 0.29) is 24.4 Å². The Labute approximate surface area is 160 Å². The molecule has 7 heteroatoms. The van der Waals surface area contributed by atoms with Gasteiger partial charge in [-0.05, 0) is 45.7 Å². The van der Waals surface area contributed by atoms with Crippen LogP contribution < -0.4 is 10.2 Å². The summed E-state index contributed by atoms with van der Waals surface area (Å²) in [6.45, 7) is 9.72. The maximum absolute atomic E-state index is 12.7. The zero-order valence-corrected chi connectivity index (χ0v) is 16.7. The lowest BCUT2D eigenvalue weighted by atomic mass is 10.2.